The van der Waals surface area contributed by atoms with Gasteiger partial charge in [0.25, 0.3) is 0 Å². The Labute approximate surface area is 119 Å². The summed E-state index contributed by atoms with van der Waals surface area (Å²) in [7, 11) is 0. The van der Waals surface area contributed by atoms with Crippen molar-refractivity contribution in [1.29, 1.82) is 0 Å². The van der Waals surface area contributed by atoms with E-state index in [0.29, 0.717) is 17.2 Å². The number of aliphatic carboxylic acids is 1. The number of fused-ring (bicyclic) bond motifs is 1. The van der Waals surface area contributed by atoms with Crippen LogP contribution in [0.5, 0.6) is 0 Å². The Bertz CT molecular complexity index is 593. The molecule has 20 heavy (non-hydrogen) atoms. The van der Waals surface area contributed by atoms with Crippen LogP contribution in [0, 0.1) is 0 Å². The van der Waals surface area contributed by atoms with E-state index in [1.165, 1.54) is 18.7 Å². The zero-order valence-corrected chi connectivity index (χ0v) is 11.6. The number of carboxylic acid groups (broad SMARTS) is 1. The van der Waals surface area contributed by atoms with E-state index < -0.39 is 12.0 Å². The molecule has 0 radical (unpaired) electrons. The van der Waals surface area contributed by atoms with Gasteiger partial charge in [-0.3, -0.25) is 4.79 Å². The third kappa shape index (κ3) is 3.74. The summed E-state index contributed by atoms with van der Waals surface area (Å²) < 4.78 is 5.52. The number of carbonyl (C=O) groups is 2. The van der Waals surface area contributed by atoms with Gasteiger partial charge in [0.1, 0.15) is 11.6 Å². The van der Waals surface area contributed by atoms with E-state index in [9.17, 15) is 9.59 Å². The highest BCUT2D eigenvalue weighted by Gasteiger charge is 2.18. The Morgan fingerprint density at radius 1 is 1.45 bits per heavy atom. The fourth-order valence-electron chi connectivity index (χ4n) is 1.67. The highest BCUT2D eigenvalue weighted by molar-refractivity contribution is 7.98. The number of nitrogens with zero attached hydrogens (tertiary/aromatic N) is 1. The highest BCUT2D eigenvalue weighted by Crippen LogP contribution is 2.19. The number of hydrogen-bond acceptors (Lipinski definition) is 5. The summed E-state index contributed by atoms with van der Waals surface area (Å²) in [5, 5.41) is 11.3. The van der Waals surface area contributed by atoms with Gasteiger partial charge in [-0.05, 0) is 12.1 Å². The van der Waals surface area contributed by atoms with Gasteiger partial charge in [0.15, 0.2) is 5.58 Å². The summed E-state index contributed by atoms with van der Waals surface area (Å²) in [5.41, 5.74) is 1.49. The molecule has 7 heteroatoms. The zero-order chi connectivity index (χ0) is 14.5. The van der Waals surface area contributed by atoms with Crippen LogP contribution >= 0.6 is 11.8 Å². The van der Waals surface area contributed by atoms with Crippen molar-refractivity contribution in [3.63, 3.8) is 0 Å². The summed E-state index contributed by atoms with van der Waals surface area (Å²) in [5.74, 6) is -0.153. The average molecular weight is 294 g/mol. The molecule has 1 atom stereocenters. The number of thioether (sulfide) groups is 1. The molecule has 1 heterocycles. The third-order valence-corrected chi connectivity index (χ3v) is 3.54. The van der Waals surface area contributed by atoms with Gasteiger partial charge in [0.2, 0.25) is 11.8 Å². The van der Waals surface area contributed by atoms with E-state index in [-0.39, 0.29) is 11.7 Å². The molecule has 1 amide bonds. The minimum Gasteiger partial charge on any atom is -0.480 e. The van der Waals surface area contributed by atoms with Crippen LogP contribution in [0.25, 0.3) is 11.1 Å². The summed E-state index contributed by atoms with van der Waals surface area (Å²) in [6.07, 6.45) is 0. The molecule has 0 spiro atoms. The summed E-state index contributed by atoms with van der Waals surface area (Å²) in [4.78, 5) is 26.1. The number of amides is 1. The van der Waals surface area contributed by atoms with Gasteiger partial charge in [-0.25, -0.2) is 9.78 Å². The Kier molecular flexibility index (Phi) is 4.62. The lowest BCUT2D eigenvalue weighted by Gasteiger charge is -2.11. The SMILES string of the molecule is CC(=O)N[C@@H](CSCc1nc2ccccc2o1)C(=O)O. The topological polar surface area (TPSA) is 92.4 Å². The fourth-order valence-corrected chi connectivity index (χ4v) is 2.54. The maximum absolute atomic E-state index is 11.0. The van der Waals surface area contributed by atoms with Crippen LogP contribution < -0.4 is 5.32 Å². The number of benzene rings is 1. The van der Waals surface area contributed by atoms with Crippen LogP contribution in [0.3, 0.4) is 0 Å². The minimum atomic E-state index is -1.05. The number of carboxylic acids is 1. The van der Waals surface area contributed by atoms with Crippen molar-refractivity contribution in [3.05, 3.63) is 30.2 Å². The predicted octanol–water partition coefficient (Wildman–Crippen LogP) is 1.65. The first kappa shape index (κ1) is 14.4. The van der Waals surface area contributed by atoms with E-state index in [4.69, 9.17) is 9.52 Å². The van der Waals surface area contributed by atoms with Gasteiger partial charge in [-0.1, -0.05) is 12.1 Å². The summed E-state index contributed by atoms with van der Waals surface area (Å²) in [6, 6.07) is 6.51. The molecule has 6 nitrogen and oxygen atoms in total. The van der Waals surface area contributed by atoms with Crippen molar-refractivity contribution in [1.82, 2.24) is 10.3 Å². The number of para-hydroxylation sites is 2. The Hall–Kier alpha value is -2.02. The minimum absolute atomic E-state index is 0.258. The van der Waals surface area contributed by atoms with Crippen molar-refractivity contribution >= 4 is 34.7 Å². The van der Waals surface area contributed by atoms with Gasteiger partial charge in [0.05, 0.1) is 5.75 Å². The molecule has 2 aromatic rings. The summed E-state index contributed by atoms with van der Waals surface area (Å²) in [6.45, 7) is 1.29. The quantitative estimate of drug-likeness (QED) is 0.841. The molecule has 2 N–H and O–H groups in total. The maximum atomic E-state index is 11.0. The fraction of sp³-hybridized carbons (Fsp3) is 0.308. The number of oxazole rings is 1. The number of rotatable bonds is 6. The van der Waals surface area contributed by atoms with Crippen molar-refractivity contribution in [2.24, 2.45) is 0 Å². The predicted molar refractivity (Wildman–Crippen MR) is 75.4 cm³/mol. The molecule has 0 saturated heterocycles. The van der Waals surface area contributed by atoms with Crippen LogP contribution in [0.1, 0.15) is 12.8 Å². The molecule has 0 aliphatic heterocycles. The van der Waals surface area contributed by atoms with Crippen molar-refractivity contribution in [2.45, 2.75) is 18.7 Å². The van der Waals surface area contributed by atoms with Gasteiger partial charge in [-0.15, -0.1) is 11.8 Å². The molecule has 1 aromatic carbocycles. The van der Waals surface area contributed by atoms with E-state index in [1.807, 2.05) is 24.3 Å². The first-order chi connectivity index (χ1) is 9.56. The molecule has 0 unspecified atom stereocenters. The molecule has 1 aromatic heterocycles. The average Bonchev–Trinajstić information content (AvgIpc) is 2.79. The molecule has 0 aliphatic rings. The lowest BCUT2D eigenvalue weighted by atomic mass is 10.3. The van der Waals surface area contributed by atoms with Gasteiger partial charge in [0, 0.05) is 12.7 Å². The van der Waals surface area contributed by atoms with E-state index in [1.54, 1.807) is 0 Å². The Morgan fingerprint density at radius 3 is 2.85 bits per heavy atom. The lowest BCUT2D eigenvalue weighted by molar-refractivity contribution is -0.140. The van der Waals surface area contributed by atoms with E-state index in [0.717, 1.165) is 5.52 Å². The largest absolute Gasteiger partial charge is 0.480 e. The first-order valence-electron chi connectivity index (χ1n) is 5.98. The number of hydrogen-bond donors (Lipinski definition) is 2. The van der Waals surface area contributed by atoms with Crippen LogP contribution in [0.4, 0.5) is 0 Å². The molecule has 0 bridgehead atoms. The van der Waals surface area contributed by atoms with E-state index in [2.05, 4.69) is 10.3 Å². The van der Waals surface area contributed by atoms with Crippen LogP contribution in [-0.2, 0) is 15.3 Å². The van der Waals surface area contributed by atoms with Crippen molar-refractivity contribution in [3.8, 4) is 0 Å². The second-order valence-electron chi connectivity index (χ2n) is 4.18. The van der Waals surface area contributed by atoms with Crippen LogP contribution in [-0.4, -0.2) is 33.8 Å². The van der Waals surface area contributed by atoms with Crippen LogP contribution in [0.2, 0.25) is 0 Å². The van der Waals surface area contributed by atoms with Gasteiger partial charge in [-0.2, -0.15) is 0 Å². The van der Waals surface area contributed by atoms with Gasteiger partial charge >= 0.3 is 5.97 Å². The molecule has 106 valence electrons. The number of carbonyl (C=O) groups excluding carboxylic acids is 1. The van der Waals surface area contributed by atoms with Crippen LogP contribution in [0.15, 0.2) is 28.7 Å². The molecule has 0 aliphatic carbocycles. The second kappa shape index (κ2) is 6.42. The maximum Gasteiger partial charge on any atom is 0.327 e. The molecular formula is C13H14N2O4S. The van der Waals surface area contributed by atoms with Crippen molar-refractivity contribution < 1.29 is 19.1 Å². The normalized spacial score (nSPS) is 12.2. The van der Waals surface area contributed by atoms with Gasteiger partial charge < -0.3 is 14.8 Å². The third-order valence-electron chi connectivity index (χ3n) is 2.52. The zero-order valence-electron chi connectivity index (χ0n) is 10.8. The monoisotopic (exact) mass is 294 g/mol. The Morgan fingerprint density at radius 2 is 2.20 bits per heavy atom. The Balaban J connectivity index is 1.91. The smallest absolute Gasteiger partial charge is 0.327 e. The van der Waals surface area contributed by atoms with E-state index >= 15 is 0 Å². The molecule has 0 fully saturated rings. The highest BCUT2D eigenvalue weighted by atomic mass is 32.2. The molecule has 0 saturated carbocycles. The van der Waals surface area contributed by atoms with Crippen molar-refractivity contribution in [2.75, 3.05) is 5.75 Å². The molecular weight excluding hydrogens is 280 g/mol. The summed E-state index contributed by atoms with van der Waals surface area (Å²) >= 11 is 1.35. The second-order valence-corrected chi connectivity index (χ2v) is 5.21. The number of aromatic nitrogens is 1. The standard InChI is InChI=1S/C13H14N2O4S/c1-8(16)14-10(13(17)18)6-20-7-12-15-9-4-2-3-5-11(9)19-12/h2-5,10H,6-7H2,1H3,(H,14,16)(H,17,18)/t10-/m0/s1. The molecule has 2 rings (SSSR count). The lowest BCUT2D eigenvalue weighted by Crippen LogP contribution is -2.41. The number of nitrogens with one attached hydrogen (secondary N) is 1. The first-order valence-corrected chi connectivity index (χ1v) is 7.14.